The number of benzene rings is 3. The van der Waals surface area contributed by atoms with Gasteiger partial charge in [-0.05, 0) is 54.7 Å². The molecule has 9 nitrogen and oxygen atoms in total. The van der Waals surface area contributed by atoms with Gasteiger partial charge in [-0.25, -0.2) is 13.1 Å². The molecule has 0 heterocycles. The molecule has 3 aromatic carbocycles. The molecule has 3 rings (SSSR count). The monoisotopic (exact) mass is 659 g/mol. The predicted molar refractivity (Wildman–Crippen MR) is 175 cm³/mol. The molecule has 0 aliphatic heterocycles. The average molecular weight is 660 g/mol. The number of thiol groups is 1. The van der Waals surface area contributed by atoms with Gasteiger partial charge in [0.2, 0.25) is 11.8 Å². The van der Waals surface area contributed by atoms with Gasteiger partial charge in [0.25, 0.3) is 15.9 Å². The van der Waals surface area contributed by atoms with E-state index in [1.54, 1.807) is 53.4 Å². The van der Waals surface area contributed by atoms with Crippen LogP contribution in [0.15, 0.2) is 77.7 Å². The summed E-state index contributed by atoms with van der Waals surface area (Å²) in [4.78, 5) is 38.9. The number of aliphatic hydroxyl groups is 1. The first-order valence-electron chi connectivity index (χ1n) is 14.3. The van der Waals surface area contributed by atoms with E-state index < -0.39 is 22.0 Å². The maximum Gasteiger partial charge on any atom is 0.264 e. The van der Waals surface area contributed by atoms with Crippen LogP contribution in [0.3, 0.4) is 0 Å². The molecule has 0 saturated heterocycles. The summed E-state index contributed by atoms with van der Waals surface area (Å²) in [6.45, 7) is 3.99. The van der Waals surface area contributed by atoms with Gasteiger partial charge >= 0.3 is 0 Å². The number of nitrogens with zero attached hydrogens (tertiary/aromatic N) is 1. The van der Waals surface area contributed by atoms with Gasteiger partial charge in [0, 0.05) is 48.3 Å². The maximum absolute atomic E-state index is 12.9. The molecule has 0 spiro atoms. The maximum atomic E-state index is 12.9. The second-order valence-corrected chi connectivity index (χ2v) is 13.3. The number of aliphatic hydroxyl groups excluding tert-OH is 1. The Bertz CT molecular complexity index is 1550. The van der Waals surface area contributed by atoms with Crippen molar-refractivity contribution in [3.63, 3.8) is 0 Å². The van der Waals surface area contributed by atoms with Gasteiger partial charge in [0.1, 0.15) is 6.10 Å². The summed E-state index contributed by atoms with van der Waals surface area (Å²) in [5, 5.41) is 12.9. The summed E-state index contributed by atoms with van der Waals surface area (Å²) in [5.74, 6) is -1.27. The van der Waals surface area contributed by atoms with Crippen molar-refractivity contribution < 1.29 is 27.9 Å². The molecule has 0 aliphatic rings. The summed E-state index contributed by atoms with van der Waals surface area (Å²) < 4.78 is 27.6. The highest BCUT2D eigenvalue weighted by Crippen LogP contribution is 2.28. The van der Waals surface area contributed by atoms with Gasteiger partial charge < -0.3 is 15.3 Å². The van der Waals surface area contributed by atoms with E-state index in [2.05, 4.69) is 17.9 Å². The minimum atomic E-state index is -4.23. The number of hydrogen-bond donors (Lipinski definition) is 4. The Hall–Kier alpha value is -3.38. The Morgan fingerprint density at radius 3 is 2.34 bits per heavy atom. The van der Waals surface area contributed by atoms with Crippen LogP contribution in [-0.4, -0.2) is 60.6 Å². The Kier molecular flexibility index (Phi) is 13.3. The number of amides is 3. The third-order valence-electron chi connectivity index (χ3n) is 6.75. The SMILES string of the molecule is CCCC(=O)N(CCC(=O)NC[C@@H](S)Cc1cccc(Cl)c1)Cc1ccc(-c2ccccc2S(=O)(=O)NC(=O)[C@H](C)O)cc1. The molecule has 2 atom stereocenters. The summed E-state index contributed by atoms with van der Waals surface area (Å²) in [5.41, 5.74) is 2.79. The van der Waals surface area contributed by atoms with Gasteiger partial charge in [-0.2, -0.15) is 12.6 Å². The molecule has 0 aliphatic carbocycles. The molecule has 0 radical (unpaired) electrons. The van der Waals surface area contributed by atoms with Gasteiger partial charge in [0.15, 0.2) is 0 Å². The first-order valence-corrected chi connectivity index (χ1v) is 16.7. The van der Waals surface area contributed by atoms with Crippen molar-refractivity contribution in [1.29, 1.82) is 0 Å². The first-order chi connectivity index (χ1) is 20.9. The van der Waals surface area contributed by atoms with Gasteiger partial charge in [-0.15, -0.1) is 0 Å². The van der Waals surface area contributed by atoms with Crippen LogP contribution in [0.2, 0.25) is 5.02 Å². The lowest BCUT2D eigenvalue weighted by Crippen LogP contribution is -2.37. The van der Waals surface area contributed by atoms with E-state index in [9.17, 15) is 27.9 Å². The third kappa shape index (κ3) is 10.7. The van der Waals surface area contributed by atoms with Gasteiger partial charge in [0.05, 0.1) is 4.90 Å². The summed E-state index contributed by atoms with van der Waals surface area (Å²) in [7, 11) is -4.23. The van der Waals surface area contributed by atoms with E-state index in [0.29, 0.717) is 42.0 Å². The number of halogens is 1. The number of sulfonamides is 1. The zero-order valence-corrected chi connectivity index (χ0v) is 27.2. The molecular weight excluding hydrogens is 622 g/mol. The normalized spacial score (nSPS) is 12.7. The molecule has 0 bridgehead atoms. The Balaban J connectivity index is 1.64. The molecule has 3 N–H and O–H groups in total. The fourth-order valence-electron chi connectivity index (χ4n) is 4.45. The molecule has 3 aromatic rings. The first kappa shape index (κ1) is 35.1. The number of carbonyl (C=O) groups is 3. The van der Waals surface area contributed by atoms with E-state index in [4.69, 9.17) is 11.6 Å². The van der Waals surface area contributed by atoms with Crippen molar-refractivity contribution in [1.82, 2.24) is 14.9 Å². The zero-order valence-electron chi connectivity index (χ0n) is 24.7. The van der Waals surface area contributed by atoms with Gasteiger partial charge in [-0.3, -0.25) is 14.4 Å². The zero-order chi connectivity index (χ0) is 32.3. The average Bonchev–Trinajstić information content (AvgIpc) is 2.98. The Labute approximate surface area is 269 Å². The predicted octanol–water partition coefficient (Wildman–Crippen LogP) is 4.37. The lowest BCUT2D eigenvalue weighted by Gasteiger charge is -2.23. The van der Waals surface area contributed by atoms with E-state index in [1.807, 2.05) is 29.8 Å². The molecule has 44 heavy (non-hydrogen) atoms. The summed E-state index contributed by atoms with van der Waals surface area (Å²) in [6.07, 6.45) is 0.312. The number of nitrogens with one attached hydrogen (secondary N) is 2. The van der Waals surface area contributed by atoms with Crippen LogP contribution in [0.25, 0.3) is 11.1 Å². The molecule has 0 saturated carbocycles. The molecule has 0 aromatic heterocycles. The number of rotatable bonds is 15. The largest absolute Gasteiger partial charge is 0.384 e. The lowest BCUT2D eigenvalue weighted by atomic mass is 10.0. The van der Waals surface area contributed by atoms with Crippen LogP contribution >= 0.6 is 24.2 Å². The molecule has 0 unspecified atom stereocenters. The van der Waals surface area contributed by atoms with E-state index >= 15 is 0 Å². The van der Waals surface area contributed by atoms with Crippen LogP contribution in [-0.2, 0) is 37.4 Å². The van der Waals surface area contributed by atoms with Crippen LogP contribution in [0, 0.1) is 0 Å². The smallest absolute Gasteiger partial charge is 0.264 e. The third-order valence-corrected chi connectivity index (χ3v) is 8.76. The molecule has 3 amide bonds. The van der Waals surface area contributed by atoms with Crippen molar-refractivity contribution in [2.75, 3.05) is 13.1 Å². The Morgan fingerprint density at radius 2 is 1.68 bits per heavy atom. The van der Waals surface area contributed by atoms with Crippen molar-refractivity contribution in [2.45, 2.75) is 62.3 Å². The minimum Gasteiger partial charge on any atom is -0.384 e. The molecule has 12 heteroatoms. The fourth-order valence-corrected chi connectivity index (χ4v) is 6.24. The molecule has 0 fully saturated rings. The second-order valence-electron chi connectivity index (χ2n) is 10.4. The fraction of sp³-hybridized carbons (Fsp3) is 0.344. The highest BCUT2D eigenvalue weighted by atomic mass is 35.5. The molecule has 236 valence electrons. The van der Waals surface area contributed by atoms with Crippen LogP contribution in [0.1, 0.15) is 44.2 Å². The van der Waals surface area contributed by atoms with Crippen molar-refractivity contribution in [2.24, 2.45) is 0 Å². The van der Waals surface area contributed by atoms with Crippen LogP contribution < -0.4 is 10.0 Å². The van der Waals surface area contributed by atoms with Crippen LogP contribution in [0.5, 0.6) is 0 Å². The Morgan fingerprint density at radius 1 is 0.977 bits per heavy atom. The highest BCUT2D eigenvalue weighted by molar-refractivity contribution is 7.90. The minimum absolute atomic E-state index is 0.0669. The topological polar surface area (TPSA) is 133 Å². The quantitative estimate of drug-likeness (QED) is 0.179. The highest BCUT2D eigenvalue weighted by Gasteiger charge is 2.24. The van der Waals surface area contributed by atoms with E-state index in [-0.39, 0.29) is 41.5 Å². The van der Waals surface area contributed by atoms with Crippen molar-refractivity contribution in [3.8, 4) is 11.1 Å². The van der Waals surface area contributed by atoms with Crippen LogP contribution in [0.4, 0.5) is 0 Å². The standard InChI is InChI=1S/C32H38ClN3O6S2/c1-3-7-31(39)36(17-16-30(38)34-20-27(43)19-24-8-6-9-26(33)18-24)21-23-12-14-25(15-13-23)28-10-4-5-11-29(28)44(41,42)35-32(40)22(2)37/h4-6,8-15,18,22,27,37,43H,3,7,16-17,19-21H2,1-2H3,(H,34,38)(H,35,40)/t22-,27-/m0/s1. The van der Waals surface area contributed by atoms with E-state index in [0.717, 1.165) is 11.1 Å². The summed E-state index contributed by atoms with van der Waals surface area (Å²) in [6, 6.07) is 20.8. The van der Waals surface area contributed by atoms with Crippen molar-refractivity contribution >= 4 is 52.0 Å². The van der Waals surface area contributed by atoms with E-state index in [1.165, 1.54) is 13.0 Å². The lowest BCUT2D eigenvalue weighted by molar-refractivity contribution is -0.132. The number of hydrogen-bond acceptors (Lipinski definition) is 7. The second kappa shape index (κ2) is 16.6. The number of carbonyl (C=O) groups excluding carboxylic acids is 3. The van der Waals surface area contributed by atoms with Crippen molar-refractivity contribution in [3.05, 3.63) is 88.9 Å². The van der Waals surface area contributed by atoms with Gasteiger partial charge in [-0.1, -0.05) is 73.1 Å². The molecular formula is C32H38ClN3O6S2. The summed E-state index contributed by atoms with van der Waals surface area (Å²) >= 11 is 10.6.